The standard InChI is InChI=1S/C18H20N2O.2C12H16N2O.C11H15NO2.2C10H13N3O.C9H10BrNO.C8H14N2O3/c21-15-19-11-13-20(14-12-19)18(16-7-3-1-4-8-16)17-9-5-2-6-10-17;1-11-2-4-12(5-3-11)14-8-6-13(10-15)7-9-14;15-11-14-8-6-13(7-9-14)10-12-4-2-1-3-5-12;1-14-11-7-3-2-5-10(11)6-4-8-12-9-13;14-9-12-5-7-13(8-6-12)10-1-3-11-4-2-10;14-9-12-5-7-13(8-6-12)10-3-1-2-4-11-10;10-9-3-1-2-8(6-9)4-5-11-7-12;1-2-13-8(12)10-5-3-9(7-11)4-6-10/h1-10,15,18H,11-14H2;2-5,10H,6-9H2,1H3;1-5,11H,6-10H2;2-3,5,7,9H,4,6,8H2,1H3,(H,12,13);2*1-4,9H,5-8H2;1-3,6-7H,4-5H2,(H,11,12);7H,2-6H2,1H3. The summed E-state index contributed by atoms with van der Waals surface area (Å²) < 4.78 is 11.1. The summed E-state index contributed by atoms with van der Waals surface area (Å²) >= 11 is 3.38. The van der Waals surface area contributed by atoms with Crippen LogP contribution in [0.4, 0.5) is 22.0 Å². The molecule has 28 heteroatoms. The van der Waals surface area contributed by atoms with Gasteiger partial charge in [-0.05, 0) is 116 Å². The van der Waals surface area contributed by atoms with Crippen molar-refractivity contribution in [2.24, 2.45) is 0 Å². The largest absolute Gasteiger partial charge is 0.496 e. The van der Waals surface area contributed by atoms with E-state index in [9.17, 15) is 43.2 Å². The van der Waals surface area contributed by atoms with Crippen LogP contribution < -0.4 is 30.1 Å². The Labute approximate surface area is 704 Å². The van der Waals surface area contributed by atoms with E-state index in [0.29, 0.717) is 45.9 Å². The fraction of sp³-hybridized carbons (Fsp3) is 0.389. The van der Waals surface area contributed by atoms with Crippen LogP contribution >= 0.6 is 15.9 Å². The number of hydrogen-bond donors (Lipinski definition) is 2. The molecule has 0 unspecified atom stereocenters. The van der Waals surface area contributed by atoms with E-state index in [1.807, 2.05) is 99.6 Å². The highest BCUT2D eigenvalue weighted by molar-refractivity contribution is 9.10. The van der Waals surface area contributed by atoms with Crippen molar-refractivity contribution >= 4 is 90.5 Å². The lowest BCUT2D eigenvalue weighted by atomic mass is 9.96. The zero-order chi connectivity index (χ0) is 84.0. The minimum absolute atomic E-state index is 0.265. The summed E-state index contributed by atoms with van der Waals surface area (Å²) in [6.07, 6.45) is 14.7. The molecule has 8 heterocycles. The second-order valence-corrected chi connectivity index (χ2v) is 29.1. The highest BCUT2D eigenvalue weighted by Gasteiger charge is 2.27. The Hall–Kier alpha value is -11.8. The maximum absolute atomic E-state index is 11.2. The molecule has 9 amide bonds. The number of anilines is 3. The van der Waals surface area contributed by atoms with E-state index in [1.54, 1.807) is 52.2 Å². The van der Waals surface area contributed by atoms with Gasteiger partial charge in [0, 0.05) is 211 Å². The molecule has 6 aliphatic heterocycles. The minimum atomic E-state index is -0.284. The van der Waals surface area contributed by atoms with Crippen LogP contribution in [0.5, 0.6) is 5.75 Å². The monoisotopic (exact) mass is 1680 g/mol. The molecular formula is C90H117BrN16O11. The van der Waals surface area contributed by atoms with Crippen molar-refractivity contribution in [3.05, 3.63) is 251 Å². The van der Waals surface area contributed by atoms with Crippen molar-refractivity contribution in [2.75, 3.05) is 199 Å². The van der Waals surface area contributed by atoms with Gasteiger partial charge in [-0.3, -0.25) is 53.1 Å². The maximum Gasteiger partial charge on any atom is 0.409 e. The van der Waals surface area contributed by atoms with Crippen LogP contribution in [0.1, 0.15) is 52.8 Å². The zero-order valence-electron chi connectivity index (χ0n) is 68.5. The third-order valence-electron chi connectivity index (χ3n) is 20.3. The first-order chi connectivity index (χ1) is 57.8. The number of carbonyl (C=O) groups excluding carboxylic acids is 9. The second kappa shape index (κ2) is 55.7. The van der Waals surface area contributed by atoms with Gasteiger partial charge in [-0.25, -0.2) is 9.78 Å². The Morgan fingerprint density at radius 1 is 0.441 bits per heavy atom. The number of nitrogens with one attached hydrogen (secondary N) is 2. The van der Waals surface area contributed by atoms with Gasteiger partial charge >= 0.3 is 6.09 Å². The number of benzene rings is 6. The lowest BCUT2D eigenvalue weighted by Crippen LogP contribution is -2.48. The summed E-state index contributed by atoms with van der Waals surface area (Å²) in [6, 6.07) is 66.3. The van der Waals surface area contributed by atoms with Crippen molar-refractivity contribution in [1.29, 1.82) is 0 Å². The molecule has 14 rings (SSSR count). The van der Waals surface area contributed by atoms with Crippen molar-refractivity contribution < 1.29 is 52.6 Å². The molecule has 0 aliphatic carbocycles. The molecule has 118 heavy (non-hydrogen) atoms. The molecule has 6 fully saturated rings. The number of nitrogens with zero attached hydrogens (tertiary/aromatic N) is 14. The molecule has 6 aromatic carbocycles. The van der Waals surface area contributed by atoms with Crippen LogP contribution in [0.15, 0.2) is 217 Å². The summed E-state index contributed by atoms with van der Waals surface area (Å²) in [6.45, 7) is 26.4. The SMILES string of the molecule is CCOC(=O)N1CCN(C=O)CC1.COc1ccccc1CCCNC=O.Cc1ccc(N2CCN(C=O)CC2)cc1.O=CN1CCN(C(c2ccccc2)c2ccccc2)CC1.O=CN1CCN(Cc2ccccc2)CC1.O=CN1CCN(c2ccccn2)CC1.O=CN1CCN(c2ccncc2)CC1.O=CNCCc1cccc(Br)c1. The Bertz CT molecular complexity index is 3970. The van der Waals surface area contributed by atoms with Crippen LogP contribution in [0.3, 0.4) is 0 Å². The van der Waals surface area contributed by atoms with Gasteiger partial charge in [-0.2, -0.15) is 0 Å². The first-order valence-corrected chi connectivity index (χ1v) is 41.1. The predicted octanol–water partition coefficient (Wildman–Crippen LogP) is 8.53. The van der Waals surface area contributed by atoms with Gasteiger partial charge in [0.2, 0.25) is 51.3 Å². The summed E-state index contributed by atoms with van der Waals surface area (Å²) in [5, 5.41) is 5.25. The lowest BCUT2D eigenvalue weighted by Gasteiger charge is -2.38. The number of pyridine rings is 2. The smallest absolute Gasteiger partial charge is 0.409 e. The highest BCUT2D eigenvalue weighted by Crippen LogP contribution is 2.30. The van der Waals surface area contributed by atoms with Gasteiger partial charge in [0.25, 0.3) is 0 Å². The summed E-state index contributed by atoms with van der Waals surface area (Å²) in [5.41, 5.74) is 10.1. The van der Waals surface area contributed by atoms with Crippen molar-refractivity contribution in [3.8, 4) is 5.75 Å². The van der Waals surface area contributed by atoms with Gasteiger partial charge < -0.3 is 69.1 Å². The number of rotatable bonds is 25. The first-order valence-electron chi connectivity index (χ1n) is 40.4. The van der Waals surface area contributed by atoms with E-state index in [2.05, 4.69) is 177 Å². The molecule has 630 valence electrons. The fourth-order valence-corrected chi connectivity index (χ4v) is 13.9. The number of piperazine rings is 6. The lowest BCUT2D eigenvalue weighted by molar-refractivity contribution is -0.120. The number of ether oxygens (including phenoxy) is 2. The van der Waals surface area contributed by atoms with Crippen molar-refractivity contribution in [3.63, 3.8) is 0 Å². The molecule has 0 atom stereocenters. The van der Waals surface area contributed by atoms with E-state index >= 15 is 0 Å². The topological polar surface area (TPSA) is 261 Å². The zero-order valence-corrected chi connectivity index (χ0v) is 70.0. The van der Waals surface area contributed by atoms with E-state index in [-0.39, 0.29) is 12.1 Å². The predicted molar refractivity (Wildman–Crippen MR) is 466 cm³/mol. The third kappa shape index (κ3) is 34.6. The number of carbonyl (C=O) groups is 9. The first kappa shape index (κ1) is 93.4. The number of aryl methyl sites for hydroxylation is 2. The van der Waals surface area contributed by atoms with Gasteiger partial charge in [0.15, 0.2) is 0 Å². The number of methoxy groups -OCH3 is 1. The third-order valence-corrected chi connectivity index (χ3v) is 20.7. The van der Waals surface area contributed by atoms with E-state index in [0.717, 1.165) is 224 Å². The Morgan fingerprint density at radius 2 is 0.881 bits per heavy atom. The number of aromatic nitrogens is 2. The Kier molecular flexibility index (Phi) is 44.1. The normalized spacial score (nSPS) is 15.2. The highest BCUT2D eigenvalue weighted by atomic mass is 79.9. The average molecular weight is 1680 g/mol. The van der Waals surface area contributed by atoms with Crippen molar-refractivity contribution in [1.82, 2.24) is 64.7 Å². The molecule has 0 spiro atoms. The average Bonchev–Trinajstić information content (AvgIpc) is 0.815. The molecule has 6 saturated heterocycles. The fourth-order valence-electron chi connectivity index (χ4n) is 13.5. The molecule has 2 N–H and O–H groups in total. The van der Waals surface area contributed by atoms with Crippen LogP contribution in [0, 0.1) is 6.92 Å². The molecule has 8 aromatic rings. The molecule has 0 radical (unpaired) electrons. The number of hydrogen-bond acceptors (Lipinski definition) is 18. The van der Waals surface area contributed by atoms with Crippen LogP contribution in [0.25, 0.3) is 0 Å². The summed E-state index contributed by atoms with van der Waals surface area (Å²) in [4.78, 5) is 127. The van der Waals surface area contributed by atoms with E-state index < -0.39 is 0 Å². The van der Waals surface area contributed by atoms with Gasteiger partial charge in [0.05, 0.1) is 19.8 Å². The molecular weight excluding hydrogens is 1560 g/mol. The molecule has 0 bridgehead atoms. The van der Waals surface area contributed by atoms with E-state index in [1.165, 1.54) is 44.8 Å². The quantitative estimate of drug-likeness (QED) is 0.0401. The van der Waals surface area contributed by atoms with Gasteiger partial charge in [0.1, 0.15) is 11.6 Å². The van der Waals surface area contributed by atoms with Gasteiger partial charge in [-0.15, -0.1) is 0 Å². The molecule has 27 nitrogen and oxygen atoms in total. The Balaban J connectivity index is 0.000000187. The summed E-state index contributed by atoms with van der Waals surface area (Å²) in [5.74, 6) is 1.91. The van der Waals surface area contributed by atoms with Gasteiger partial charge in [-0.1, -0.05) is 161 Å². The number of amides is 9. The molecule has 0 saturated carbocycles. The minimum Gasteiger partial charge on any atom is -0.496 e. The van der Waals surface area contributed by atoms with Crippen molar-refractivity contribution in [2.45, 2.75) is 45.7 Å². The number of halogens is 1. The van der Waals surface area contributed by atoms with Crippen LogP contribution in [0.2, 0.25) is 0 Å². The number of para-hydroxylation sites is 1. The molecule has 6 aliphatic rings. The van der Waals surface area contributed by atoms with Crippen LogP contribution in [-0.2, 0) is 62.5 Å². The van der Waals surface area contributed by atoms with E-state index in [4.69, 9.17) is 9.47 Å². The second-order valence-electron chi connectivity index (χ2n) is 28.2. The summed E-state index contributed by atoms with van der Waals surface area (Å²) in [7, 11) is 1.67. The maximum atomic E-state index is 11.2. The Morgan fingerprint density at radius 3 is 1.36 bits per heavy atom. The van der Waals surface area contributed by atoms with Crippen LogP contribution in [-0.4, -0.2) is 295 Å². The molecule has 2 aromatic heterocycles.